The van der Waals surface area contributed by atoms with Gasteiger partial charge in [0, 0.05) is 25.2 Å². The third kappa shape index (κ3) is 3.02. The van der Waals surface area contributed by atoms with Gasteiger partial charge in [-0.3, -0.25) is 9.69 Å². The molecule has 0 spiro atoms. The van der Waals surface area contributed by atoms with Crippen LogP contribution in [-0.2, 0) is 14.8 Å². The van der Waals surface area contributed by atoms with Crippen LogP contribution in [0.1, 0.15) is 13.3 Å². The van der Waals surface area contributed by atoms with Gasteiger partial charge < -0.3 is 4.74 Å². The van der Waals surface area contributed by atoms with Gasteiger partial charge in [-0.25, -0.2) is 18.5 Å². The highest BCUT2D eigenvalue weighted by molar-refractivity contribution is 7.89. The highest BCUT2D eigenvalue weighted by atomic mass is 32.2. The summed E-state index contributed by atoms with van der Waals surface area (Å²) in [4.78, 5) is 17.2. The number of rotatable bonds is 4. The summed E-state index contributed by atoms with van der Waals surface area (Å²) in [5.41, 5.74) is 0. The minimum absolute atomic E-state index is 0.0280. The van der Waals surface area contributed by atoms with Crippen LogP contribution in [0.2, 0.25) is 0 Å². The summed E-state index contributed by atoms with van der Waals surface area (Å²) in [7, 11) is -3.72. The summed E-state index contributed by atoms with van der Waals surface area (Å²) in [6.07, 6.45) is 1.40. The molecule has 1 aliphatic heterocycles. The highest BCUT2D eigenvalue weighted by Crippen LogP contribution is 2.25. The molecule has 2 rings (SSSR count). The van der Waals surface area contributed by atoms with Gasteiger partial charge in [-0.1, -0.05) is 0 Å². The van der Waals surface area contributed by atoms with E-state index in [1.807, 2.05) is 6.92 Å². The molecular weight excluding hydrogens is 270 g/mol. The van der Waals surface area contributed by atoms with Gasteiger partial charge >= 0.3 is 0 Å². The minimum atomic E-state index is -3.72. The molecule has 0 aliphatic carbocycles. The van der Waals surface area contributed by atoms with Gasteiger partial charge in [0.15, 0.2) is 0 Å². The Bertz CT molecular complexity index is 587. The zero-order valence-electron chi connectivity index (χ0n) is 10.4. The molecule has 8 heteroatoms. The Morgan fingerprint density at radius 1 is 1.58 bits per heavy atom. The molecule has 19 heavy (non-hydrogen) atoms. The normalized spacial score (nSPS) is 19.8. The van der Waals surface area contributed by atoms with E-state index in [2.05, 4.69) is 4.98 Å². The number of carbonyl (C=O) groups excluding carboxylic acids is 1. The molecule has 2 N–H and O–H groups in total. The van der Waals surface area contributed by atoms with Crippen molar-refractivity contribution in [2.75, 3.05) is 18.1 Å². The number of ether oxygens (including phenoxy) is 1. The monoisotopic (exact) mass is 285 g/mol. The summed E-state index contributed by atoms with van der Waals surface area (Å²) < 4.78 is 27.9. The standard InChI is InChI=1S/C11H15N3O4S/c1-2-18-8-3-4-13-10(5-8)14-7-9(6-11(14)15)19(12,16)17/h3-5,9H,2,6-7H2,1H3,(H2,12,16,17). The fraction of sp³-hybridized carbons (Fsp3) is 0.455. The van der Waals surface area contributed by atoms with Crippen molar-refractivity contribution in [3.05, 3.63) is 18.3 Å². The van der Waals surface area contributed by atoms with Gasteiger partial charge in [-0.15, -0.1) is 0 Å². The fourth-order valence-electron chi connectivity index (χ4n) is 1.92. The van der Waals surface area contributed by atoms with Crippen LogP contribution in [0.4, 0.5) is 5.82 Å². The number of amides is 1. The summed E-state index contributed by atoms with van der Waals surface area (Å²) in [5.74, 6) is 0.654. The van der Waals surface area contributed by atoms with Gasteiger partial charge in [0.25, 0.3) is 0 Å². The summed E-state index contributed by atoms with van der Waals surface area (Å²) >= 11 is 0. The molecule has 7 nitrogen and oxygen atoms in total. The van der Waals surface area contributed by atoms with Crippen molar-refractivity contribution >= 4 is 21.7 Å². The van der Waals surface area contributed by atoms with Crippen LogP contribution in [0.3, 0.4) is 0 Å². The van der Waals surface area contributed by atoms with E-state index in [1.165, 1.54) is 11.1 Å². The van der Waals surface area contributed by atoms with Crippen LogP contribution in [0.25, 0.3) is 0 Å². The molecule has 0 radical (unpaired) electrons. The maximum atomic E-state index is 11.8. The van der Waals surface area contributed by atoms with E-state index in [4.69, 9.17) is 9.88 Å². The number of hydrogen-bond acceptors (Lipinski definition) is 5. The molecule has 1 atom stereocenters. The van der Waals surface area contributed by atoms with E-state index < -0.39 is 15.3 Å². The van der Waals surface area contributed by atoms with Crippen LogP contribution in [0.15, 0.2) is 18.3 Å². The van der Waals surface area contributed by atoms with Crippen molar-refractivity contribution in [1.82, 2.24) is 4.98 Å². The molecule has 1 aromatic heterocycles. The van der Waals surface area contributed by atoms with Crippen molar-refractivity contribution in [3.8, 4) is 5.75 Å². The third-order valence-corrected chi connectivity index (χ3v) is 4.10. The molecular formula is C11H15N3O4S. The zero-order valence-corrected chi connectivity index (χ0v) is 11.3. The molecule has 0 aromatic carbocycles. The molecule has 1 fully saturated rings. The Hall–Kier alpha value is -1.67. The molecule has 1 aromatic rings. The smallest absolute Gasteiger partial charge is 0.229 e. The first-order valence-corrected chi connectivity index (χ1v) is 7.43. The summed E-state index contributed by atoms with van der Waals surface area (Å²) in [6.45, 7) is 2.37. The van der Waals surface area contributed by atoms with Crippen LogP contribution in [-0.4, -0.2) is 37.7 Å². The lowest BCUT2D eigenvalue weighted by Gasteiger charge is -2.15. The van der Waals surface area contributed by atoms with E-state index >= 15 is 0 Å². The van der Waals surface area contributed by atoms with Crippen molar-refractivity contribution in [2.24, 2.45) is 5.14 Å². The third-order valence-electron chi connectivity index (χ3n) is 2.86. The van der Waals surface area contributed by atoms with Gasteiger partial charge in [0.05, 0.1) is 6.61 Å². The maximum Gasteiger partial charge on any atom is 0.229 e. The number of primary sulfonamides is 1. The Morgan fingerprint density at radius 3 is 2.89 bits per heavy atom. The number of carbonyl (C=O) groups is 1. The molecule has 0 bridgehead atoms. The maximum absolute atomic E-state index is 11.8. The van der Waals surface area contributed by atoms with E-state index in [9.17, 15) is 13.2 Å². The summed E-state index contributed by atoms with van der Waals surface area (Å²) in [6, 6.07) is 3.28. The average molecular weight is 285 g/mol. The number of hydrogen-bond donors (Lipinski definition) is 1. The molecule has 1 unspecified atom stereocenters. The van der Waals surface area contributed by atoms with E-state index in [-0.39, 0.29) is 18.9 Å². The van der Waals surface area contributed by atoms with E-state index in [0.717, 1.165) is 0 Å². The first kappa shape index (κ1) is 13.8. The number of nitrogens with two attached hydrogens (primary N) is 1. The number of nitrogens with zero attached hydrogens (tertiary/aromatic N) is 2. The largest absolute Gasteiger partial charge is 0.494 e. The lowest BCUT2D eigenvalue weighted by atomic mass is 10.4. The number of pyridine rings is 1. The Labute approximate surface area is 111 Å². The number of aromatic nitrogens is 1. The van der Waals surface area contributed by atoms with E-state index in [1.54, 1.807) is 12.1 Å². The first-order valence-electron chi connectivity index (χ1n) is 5.82. The van der Waals surface area contributed by atoms with Gasteiger partial charge in [-0.2, -0.15) is 0 Å². The van der Waals surface area contributed by atoms with Crippen molar-refractivity contribution < 1.29 is 17.9 Å². The van der Waals surface area contributed by atoms with Gasteiger partial charge in [0.1, 0.15) is 16.8 Å². The van der Waals surface area contributed by atoms with E-state index in [0.29, 0.717) is 18.2 Å². The first-order chi connectivity index (χ1) is 8.91. The molecule has 1 aliphatic rings. The minimum Gasteiger partial charge on any atom is -0.494 e. The topological polar surface area (TPSA) is 103 Å². The molecule has 1 saturated heterocycles. The molecule has 0 saturated carbocycles. The van der Waals surface area contributed by atoms with Crippen molar-refractivity contribution in [1.29, 1.82) is 0 Å². The lowest BCUT2D eigenvalue weighted by molar-refractivity contribution is -0.117. The van der Waals surface area contributed by atoms with Gasteiger partial charge in [-0.05, 0) is 13.0 Å². The Kier molecular flexibility index (Phi) is 3.72. The Morgan fingerprint density at radius 2 is 2.32 bits per heavy atom. The second kappa shape index (κ2) is 5.14. The summed E-state index contributed by atoms with van der Waals surface area (Å²) in [5, 5.41) is 4.19. The van der Waals surface area contributed by atoms with Gasteiger partial charge in [0.2, 0.25) is 15.9 Å². The molecule has 1 amide bonds. The molecule has 104 valence electrons. The SMILES string of the molecule is CCOc1ccnc(N2CC(S(N)(=O)=O)CC2=O)c1. The quantitative estimate of drug-likeness (QED) is 0.830. The second-order valence-corrected chi connectivity index (χ2v) is 6.05. The number of anilines is 1. The average Bonchev–Trinajstić information content (AvgIpc) is 2.72. The zero-order chi connectivity index (χ0) is 14.0. The van der Waals surface area contributed by atoms with Crippen molar-refractivity contribution in [2.45, 2.75) is 18.6 Å². The highest BCUT2D eigenvalue weighted by Gasteiger charge is 2.37. The predicted octanol–water partition coefficient (Wildman–Crippen LogP) is -0.126. The Balaban J connectivity index is 2.23. The lowest BCUT2D eigenvalue weighted by Crippen LogP contribution is -2.32. The molecule has 2 heterocycles. The predicted molar refractivity (Wildman–Crippen MR) is 69.3 cm³/mol. The number of sulfonamides is 1. The van der Waals surface area contributed by atoms with Crippen LogP contribution in [0.5, 0.6) is 5.75 Å². The van der Waals surface area contributed by atoms with Crippen LogP contribution < -0.4 is 14.8 Å². The second-order valence-electron chi connectivity index (χ2n) is 4.20. The fourth-order valence-corrected chi connectivity index (χ4v) is 2.65. The van der Waals surface area contributed by atoms with Crippen LogP contribution >= 0.6 is 0 Å². The van der Waals surface area contributed by atoms with Crippen molar-refractivity contribution in [3.63, 3.8) is 0 Å². The van der Waals surface area contributed by atoms with Crippen LogP contribution in [0, 0.1) is 0 Å².